The van der Waals surface area contributed by atoms with Crippen LogP contribution in [0.4, 0.5) is 5.69 Å². The number of ether oxygens (including phenoxy) is 2. The molecule has 2 heterocycles. The van der Waals surface area contributed by atoms with E-state index in [1.54, 1.807) is 30.6 Å². The third-order valence-electron chi connectivity index (χ3n) is 6.01. The Bertz CT molecular complexity index is 1360. The van der Waals surface area contributed by atoms with Crippen molar-refractivity contribution in [3.05, 3.63) is 83.1 Å². The Labute approximate surface area is 201 Å². The quantitative estimate of drug-likeness (QED) is 0.267. The van der Waals surface area contributed by atoms with Crippen LogP contribution in [0.25, 0.3) is 11.0 Å². The number of methoxy groups -OCH3 is 1. The fourth-order valence-corrected chi connectivity index (χ4v) is 4.44. The number of hydrogen-bond acceptors (Lipinski definition) is 6. The van der Waals surface area contributed by atoms with Gasteiger partial charge in [-0.15, -0.1) is 0 Å². The Hall–Kier alpha value is -3.84. The van der Waals surface area contributed by atoms with Crippen LogP contribution in [-0.2, 0) is 9.53 Å². The maximum Gasteiger partial charge on any atom is 0.308 e. The number of aromatic nitrogens is 2. The SMILES string of the molecule is COC(=O)C1CC(Nc2ccnc3[nH]cc(C(=O)c4ccc(Oc5ccccc5)cc4Cl)c23)C1. The van der Waals surface area contributed by atoms with Crippen LogP contribution in [0.1, 0.15) is 28.8 Å². The van der Waals surface area contributed by atoms with Gasteiger partial charge in [-0.05, 0) is 43.2 Å². The molecule has 1 aliphatic carbocycles. The van der Waals surface area contributed by atoms with E-state index in [9.17, 15) is 9.59 Å². The number of nitrogens with zero attached hydrogens (tertiary/aromatic N) is 1. The van der Waals surface area contributed by atoms with Gasteiger partial charge in [0.15, 0.2) is 5.78 Å². The normalized spacial score (nSPS) is 17.1. The Morgan fingerprint density at radius 1 is 1.06 bits per heavy atom. The summed E-state index contributed by atoms with van der Waals surface area (Å²) < 4.78 is 10.6. The van der Waals surface area contributed by atoms with Gasteiger partial charge in [-0.2, -0.15) is 0 Å². The number of carbonyl (C=O) groups is 2. The molecule has 0 bridgehead atoms. The number of pyridine rings is 1. The molecule has 4 aromatic rings. The molecule has 0 radical (unpaired) electrons. The van der Waals surface area contributed by atoms with Crippen molar-refractivity contribution in [1.82, 2.24) is 9.97 Å². The Kier molecular flexibility index (Phi) is 5.94. The molecule has 0 aliphatic heterocycles. The van der Waals surface area contributed by atoms with Crippen molar-refractivity contribution in [2.45, 2.75) is 18.9 Å². The molecule has 0 atom stereocenters. The van der Waals surface area contributed by atoms with Crippen LogP contribution in [0.3, 0.4) is 0 Å². The van der Waals surface area contributed by atoms with E-state index in [1.165, 1.54) is 7.11 Å². The number of nitrogens with one attached hydrogen (secondary N) is 2. The van der Waals surface area contributed by atoms with E-state index in [2.05, 4.69) is 15.3 Å². The molecule has 7 nitrogen and oxygen atoms in total. The zero-order chi connectivity index (χ0) is 23.7. The number of para-hydroxylation sites is 1. The molecule has 2 N–H and O–H groups in total. The number of rotatable bonds is 7. The molecule has 0 unspecified atom stereocenters. The Morgan fingerprint density at radius 2 is 1.85 bits per heavy atom. The molecule has 34 heavy (non-hydrogen) atoms. The van der Waals surface area contributed by atoms with Gasteiger partial charge in [-0.1, -0.05) is 29.8 Å². The van der Waals surface area contributed by atoms with E-state index in [0.29, 0.717) is 51.5 Å². The van der Waals surface area contributed by atoms with Gasteiger partial charge in [0.25, 0.3) is 0 Å². The summed E-state index contributed by atoms with van der Waals surface area (Å²) in [5.41, 5.74) is 2.21. The van der Waals surface area contributed by atoms with Gasteiger partial charge in [0.05, 0.1) is 29.0 Å². The van der Waals surface area contributed by atoms with Gasteiger partial charge >= 0.3 is 5.97 Å². The molecule has 2 aromatic carbocycles. The second kappa shape index (κ2) is 9.19. The first-order chi connectivity index (χ1) is 16.5. The lowest BCUT2D eigenvalue weighted by Gasteiger charge is -2.34. The highest BCUT2D eigenvalue weighted by molar-refractivity contribution is 6.35. The number of aromatic amines is 1. The van der Waals surface area contributed by atoms with E-state index in [4.69, 9.17) is 21.1 Å². The van der Waals surface area contributed by atoms with Crippen molar-refractivity contribution < 1.29 is 19.1 Å². The second-order valence-electron chi connectivity index (χ2n) is 8.20. The van der Waals surface area contributed by atoms with Gasteiger partial charge in [0.2, 0.25) is 0 Å². The standard InChI is InChI=1S/C26H22ClN3O4/c1-33-26(32)15-11-16(12-15)30-22-9-10-28-25-23(22)20(14-29-25)24(31)19-8-7-18(13-21(19)27)34-17-5-3-2-4-6-17/h2-10,13-16H,11-12H2,1H3,(H2,28,29,30). The topological polar surface area (TPSA) is 93.3 Å². The van der Waals surface area contributed by atoms with Gasteiger partial charge in [-0.3, -0.25) is 9.59 Å². The summed E-state index contributed by atoms with van der Waals surface area (Å²) in [4.78, 5) is 32.6. The Balaban J connectivity index is 1.39. The lowest BCUT2D eigenvalue weighted by molar-refractivity contribution is -0.148. The minimum Gasteiger partial charge on any atom is -0.469 e. The number of anilines is 1. The maximum atomic E-state index is 13.5. The highest BCUT2D eigenvalue weighted by Gasteiger charge is 2.35. The fourth-order valence-electron chi connectivity index (χ4n) is 4.18. The average Bonchev–Trinajstić information content (AvgIpc) is 3.26. The number of ketones is 1. The highest BCUT2D eigenvalue weighted by atomic mass is 35.5. The van der Waals surface area contributed by atoms with Crippen LogP contribution in [0, 0.1) is 5.92 Å². The van der Waals surface area contributed by atoms with Gasteiger partial charge in [-0.25, -0.2) is 4.98 Å². The number of H-pyrrole nitrogens is 1. The molecule has 5 rings (SSSR count). The first-order valence-corrected chi connectivity index (χ1v) is 11.3. The summed E-state index contributed by atoms with van der Waals surface area (Å²) in [6.07, 6.45) is 4.68. The maximum absolute atomic E-state index is 13.5. The van der Waals surface area contributed by atoms with Crippen LogP contribution in [0.15, 0.2) is 67.0 Å². The lowest BCUT2D eigenvalue weighted by Crippen LogP contribution is -2.40. The van der Waals surface area contributed by atoms with Crippen molar-refractivity contribution in [2.24, 2.45) is 5.92 Å². The highest BCUT2D eigenvalue weighted by Crippen LogP contribution is 2.35. The number of hydrogen-bond donors (Lipinski definition) is 2. The molecule has 0 amide bonds. The molecule has 8 heteroatoms. The molecular formula is C26H22ClN3O4. The van der Waals surface area contributed by atoms with E-state index in [-0.39, 0.29) is 23.7 Å². The number of fused-ring (bicyclic) bond motifs is 1. The van der Waals surface area contributed by atoms with Crippen molar-refractivity contribution in [3.8, 4) is 11.5 Å². The van der Waals surface area contributed by atoms with Gasteiger partial charge in [0.1, 0.15) is 17.1 Å². The summed E-state index contributed by atoms with van der Waals surface area (Å²) in [5, 5.41) is 4.43. The average molecular weight is 476 g/mol. The summed E-state index contributed by atoms with van der Waals surface area (Å²) >= 11 is 6.49. The molecular weight excluding hydrogens is 454 g/mol. The van der Waals surface area contributed by atoms with Gasteiger partial charge in [0, 0.05) is 35.8 Å². The minimum absolute atomic E-state index is 0.0948. The number of esters is 1. The van der Waals surface area contributed by atoms with E-state index in [0.717, 1.165) is 5.69 Å². The summed E-state index contributed by atoms with van der Waals surface area (Å²) in [6, 6.07) is 16.3. The largest absolute Gasteiger partial charge is 0.469 e. The predicted molar refractivity (Wildman–Crippen MR) is 130 cm³/mol. The van der Waals surface area contributed by atoms with Crippen molar-refractivity contribution in [1.29, 1.82) is 0 Å². The minimum atomic E-state index is -0.223. The third-order valence-corrected chi connectivity index (χ3v) is 6.33. The lowest BCUT2D eigenvalue weighted by atomic mass is 9.80. The number of benzene rings is 2. The van der Waals surface area contributed by atoms with Crippen LogP contribution < -0.4 is 10.1 Å². The number of carbonyl (C=O) groups excluding carboxylic acids is 2. The Morgan fingerprint density at radius 3 is 2.59 bits per heavy atom. The first-order valence-electron chi connectivity index (χ1n) is 10.9. The smallest absolute Gasteiger partial charge is 0.308 e. The van der Waals surface area contributed by atoms with Crippen molar-refractivity contribution in [2.75, 3.05) is 12.4 Å². The fraction of sp³-hybridized carbons (Fsp3) is 0.192. The molecule has 0 saturated heterocycles. The van der Waals surface area contributed by atoms with Crippen molar-refractivity contribution in [3.63, 3.8) is 0 Å². The van der Waals surface area contributed by atoms with E-state index in [1.807, 2.05) is 36.4 Å². The summed E-state index contributed by atoms with van der Waals surface area (Å²) in [7, 11) is 1.40. The second-order valence-corrected chi connectivity index (χ2v) is 8.61. The first kappa shape index (κ1) is 22.0. The number of halogens is 1. The van der Waals surface area contributed by atoms with E-state index >= 15 is 0 Å². The molecule has 1 aliphatic rings. The van der Waals surface area contributed by atoms with Crippen LogP contribution in [0.2, 0.25) is 5.02 Å². The van der Waals surface area contributed by atoms with Gasteiger partial charge < -0.3 is 19.8 Å². The zero-order valence-electron chi connectivity index (χ0n) is 18.4. The van der Waals surface area contributed by atoms with Crippen LogP contribution in [-0.4, -0.2) is 34.9 Å². The molecule has 1 fully saturated rings. The third kappa shape index (κ3) is 4.22. The van der Waals surface area contributed by atoms with Crippen LogP contribution in [0.5, 0.6) is 11.5 Å². The zero-order valence-corrected chi connectivity index (χ0v) is 19.1. The predicted octanol–water partition coefficient (Wildman–Crippen LogP) is 5.60. The summed E-state index contributed by atoms with van der Waals surface area (Å²) in [5.74, 6) is 0.717. The molecule has 172 valence electrons. The van der Waals surface area contributed by atoms with Crippen molar-refractivity contribution >= 4 is 40.1 Å². The molecule has 2 aromatic heterocycles. The molecule has 1 saturated carbocycles. The monoisotopic (exact) mass is 475 g/mol. The molecule has 0 spiro atoms. The summed E-state index contributed by atoms with van der Waals surface area (Å²) in [6.45, 7) is 0. The van der Waals surface area contributed by atoms with E-state index < -0.39 is 0 Å². The van der Waals surface area contributed by atoms with Crippen LogP contribution >= 0.6 is 11.6 Å².